The molecule has 0 saturated heterocycles. The first-order valence-corrected chi connectivity index (χ1v) is 4.11. The fourth-order valence-corrected chi connectivity index (χ4v) is 0.925. The summed E-state index contributed by atoms with van der Waals surface area (Å²) in [5, 5.41) is 0. The van der Waals surface area contributed by atoms with Crippen LogP contribution in [0, 0.1) is 6.92 Å². The quantitative estimate of drug-likeness (QED) is 0.621. The smallest absolute Gasteiger partial charge is 0.112 e. The second-order valence-electron chi connectivity index (χ2n) is 2.77. The highest BCUT2D eigenvalue weighted by Crippen LogP contribution is 2.04. The van der Waals surface area contributed by atoms with E-state index in [9.17, 15) is 0 Å². The van der Waals surface area contributed by atoms with Gasteiger partial charge in [-0.15, -0.1) is 0 Å². The molecule has 1 nitrogen and oxygen atoms in total. The third kappa shape index (κ3) is 2.79. The van der Waals surface area contributed by atoms with Gasteiger partial charge in [-0.3, -0.25) is 0 Å². The molecule has 0 radical (unpaired) electrons. The Morgan fingerprint density at radius 1 is 1.25 bits per heavy atom. The molecule has 0 N–H and O–H groups in total. The Kier molecular flexibility index (Phi) is 3.39. The lowest BCUT2D eigenvalue weighted by atomic mass is 10.2. The van der Waals surface area contributed by atoms with E-state index in [0.29, 0.717) is 6.61 Å². The summed E-state index contributed by atoms with van der Waals surface area (Å²) >= 11 is 0. The van der Waals surface area contributed by atoms with Gasteiger partial charge in [-0.25, -0.2) is 0 Å². The third-order valence-electron chi connectivity index (χ3n) is 1.60. The van der Waals surface area contributed by atoms with Crippen LogP contribution in [0.2, 0.25) is 0 Å². The Hall–Kier alpha value is -1.24. The van der Waals surface area contributed by atoms with Crippen molar-refractivity contribution in [3.8, 4) is 0 Å². The Bertz CT molecular complexity index is 246. The van der Waals surface area contributed by atoms with Crippen LogP contribution in [-0.2, 0) is 11.3 Å². The van der Waals surface area contributed by atoms with Gasteiger partial charge in [0.05, 0.1) is 6.26 Å². The summed E-state index contributed by atoms with van der Waals surface area (Å²) in [6.45, 7) is 4.68. The zero-order valence-electron chi connectivity index (χ0n) is 7.58. The molecule has 0 spiro atoms. The first-order chi connectivity index (χ1) is 5.83. The highest BCUT2D eigenvalue weighted by atomic mass is 16.5. The Labute approximate surface area is 73.7 Å². The number of hydrogen-bond acceptors (Lipinski definition) is 1. The van der Waals surface area contributed by atoms with Gasteiger partial charge in [0.15, 0.2) is 0 Å². The Balaban J connectivity index is 2.47. The van der Waals surface area contributed by atoms with E-state index in [0.717, 1.165) is 0 Å². The molecule has 0 aliphatic heterocycles. The average molecular weight is 162 g/mol. The molecule has 0 saturated carbocycles. The molecule has 0 atom stereocenters. The van der Waals surface area contributed by atoms with Crippen LogP contribution in [0.1, 0.15) is 18.1 Å². The average Bonchev–Trinajstić information content (AvgIpc) is 2.09. The van der Waals surface area contributed by atoms with E-state index in [4.69, 9.17) is 4.74 Å². The molecule has 0 aliphatic carbocycles. The van der Waals surface area contributed by atoms with Gasteiger partial charge in [0.25, 0.3) is 0 Å². The number of aryl methyl sites for hydroxylation is 1. The van der Waals surface area contributed by atoms with Crippen LogP contribution in [0.25, 0.3) is 0 Å². The lowest BCUT2D eigenvalue weighted by molar-refractivity contribution is 0.236. The standard InChI is InChI=1S/C11H14O/c1-3-8-12-9-11-6-4-10(2)5-7-11/h3-8H,9H2,1-2H3/b8-3-. The molecule has 1 aromatic carbocycles. The maximum absolute atomic E-state index is 5.23. The zero-order chi connectivity index (χ0) is 8.81. The number of ether oxygens (including phenoxy) is 1. The summed E-state index contributed by atoms with van der Waals surface area (Å²) in [6, 6.07) is 8.35. The molecule has 0 amide bonds. The molecule has 0 heterocycles. The van der Waals surface area contributed by atoms with Crippen molar-refractivity contribution in [3.05, 3.63) is 47.7 Å². The van der Waals surface area contributed by atoms with E-state index in [1.54, 1.807) is 6.26 Å². The fourth-order valence-electron chi connectivity index (χ4n) is 0.925. The van der Waals surface area contributed by atoms with Gasteiger partial charge >= 0.3 is 0 Å². The predicted molar refractivity (Wildman–Crippen MR) is 50.8 cm³/mol. The van der Waals surface area contributed by atoms with Crippen LogP contribution in [0.5, 0.6) is 0 Å². The molecule has 1 heteroatoms. The van der Waals surface area contributed by atoms with Gasteiger partial charge in [-0.2, -0.15) is 0 Å². The monoisotopic (exact) mass is 162 g/mol. The maximum atomic E-state index is 5.23. The molecule has 0 bridgehead atoms. The first kappa shape index (κ1) is 8.85. The third-order valence-corrected chi connectivity index (χ3v) is 1.60. The summed E-state index contributed by atoms with van der Waals surface area (Å²) in [5.41, 5.74) is 2.49. The summed E-state index contributed by atoms with van der Waals surface area (Å²) in [7, 11) is 0. The fraction of sp³-hybridized carbons (Fsp3) is 0.273. The predicted octanol–water partition coefficient (Wildman–Crippen LogP) is 3.05. The lowest BCUT2D eigenvalue weighted by Crippen LogP contribution is -1.85. The molecule has 0 unspecified atom stereocenters. The topological polar surface area (TPSA) is 9.23 Å². The van der Waals surface area contributed by atoms with Crippen LogP contribution < -0.4 is 0 Å². The summed E-state index contributed by atoms with van der Waals surface area (Å²) in [6.07, 6.45) is 3.59. The van der Waals surface area contributed by atoms with Gasteiger partial charge in [-0.05, 0) is 19.4 Å². The van der Waals surface area contributed by atoms with Crippen LogP contribution in [-0.4, -0.2) is 0 Å². The van der Waals surface area contributed by atoms with Gasteiger partial charge in [0.1, 0.15) is 6.61 Å². The number of allylic oxidation sites excluding steroid dienone is 1. The summed E-state index contributed by atoms with van der Waals surface area (Å²) in [4.78, 5) is 0. The second-order valence-corrected chi connectivity index (χ2v) is 2.77. The molecular formula is C11H14O. The molecule has 1 rings (SSSR count). The number of benzene rings is 1. The van der Waals surface area contributed by atoms with Crippen molar-refractivity contribution in [2.24, 2.45) is 0 Å². The summed E-state index contributed by atoms with van der Waals surface area (Å²) < 4.78 is 5.23. The van der Waals surface area contributed by atoms with Gasteiger partial charge < -0.3 is 4.74 Å². The Morgan fingerprint density at radius 3 is 2.50 bits per heavy atom. The number of rotatable bonds is 3. The van der Waals surface area contributed by atoms with Crippen LogP contribution in [0.3, 0.4) is 0 Å². The lowest BCUT2D eigenvalue weighted by Gasteiger charge is -2.00. The van der Waals surface area contributed by atoms with E-state index in [1.165, 1.54) is 11.1 Å². The van der Waals surface area contributed by atoms with Crippen molar-refractivity contribution in [1.82, 2.24) is 0 Å². The molecule has 0 aliphatic rings. The molecule has 64 valence electrons. The van der Waals surface area contributed by atoms with Crippen LogP contribution in [0.4, 0.5) is 0 Å². The highest BCUT2D eigenvalue weighted by Gasteiger charge is 1.89. The van der Waals surface area contributed by atoms with E-state index < -0.39 is 0 Å². The molecule has 1 aromatic rings. The minimum atomic E-state index is 0.657. The van der Waals surface area contributed by atoms with E-state index in [1.807, 2.05) is 13.0 Å². The minimum absolute atomic E-state index is 0.657. The van der Waals surface area contributed by atoms with Crippen LogP contribution >= 0.6 is 0 Å². The largest absolute Gasteiger partial charge is 0.497 e. The van der Waals surface area contributed by atoms with Gasteiger partial charge in [-0.1, -0.05) is 35.9 Å². The van der Waals surface area contributed by atoms with Crippen molar-refractivity contribution in [3.63, 3.8) is 0 Å². The molecule has 12 heavy (non-hydrogen) atoms. The van der Waals surface area contributed by atoms with E-state index >= 15 is 0 Å². The van der Waals surface area contributed by atoms with E-state index in [-0.39, 0.29) is 0 Å². The van der Waals surface area contributed by atoms with Crippen molar-refractivity contribution >= 4 is 0 Å². The normalized spacial score (nSPS) is 10.5. The minimum Gasteiger partial charge on any atom is -0.497 e. The van der Waals surface area contributed by atoms with E-state index in [2.05, 4.69) is 31.2 Å². The molecule has 0 fully saturated rings. The first-order valence-electron chi connectivity index (χ1n) is 4.11. The van der Waals surface area contributed by atoms with Crippen molar-refractivity contribution in [2.45, 2.75) is 20.5 Å². The van der Waals surface area contributed by atoms with Crippen molar-refractivity contribution in [1.29, 1.82) is 0 Å². The summed E-state index contributed by atoms with van der Waals surface area (Å²) in [5.74, 6) is 0. The maximum Gasteiger partial charge on any atom is 0.112 e. The molecular weight excluding hydrogens is 148 g/mol. The second kappa shape index (κ2) is 4.60. The Morgan fingerprint density at radius 2 is 1.92 bits per heavy atom. The van der Waals surface area contributed by atoms with Gasteiger partial charge in [0, 0.05) is 0 Å². The zero-order valence-corrected chi connectivity index (χ0v) is 7.58. The molecule has 0 aromatic heterocycles. The number of hydrogen-bond donors (Lipinski definition) is 0. The SMILES string of the molecule is C/C=C\OCc1ccc(C)cc1. The van der Waals surface area contributed by atoms with Crippen molar-refractivity contribution in [2.75, 3.05) is 0 Å². The van der Waals surface area contributed by atoms with Crippen LogP contribution in [0.15, 0.2) is 36.6 Å². The van der Waals surface area contributed by atoms with Crippen molar-refractivity contribution < 1.29 is 4.74 Å². The van der Waals surface area contributed by atoms with Gasteiger partial charge in [0.2, 0.25) is 0 Å². The highest BCUT2D eigenvalue weighted by molar-refractivity contribution is 5.20.